The van der Waals surface area contributed by atoms with E-state index in [1.165, 1.54) is 132 Å². The van der Waals surface area contributed by atoms with Crippen LogP contribution in [0, 0.1) is 5.92 Å². The molecule has 0 aromatic heterocycles. The van der Waals surface area contributed by atoms with E-state index in [1.54, 1.807) is 5.56 Å². The van der Waals surface area contributed by atoms with Gasteiger partial charge >= 0.3 is 0 Å². The van der Waals surface area contributed by atoms with Crippen molar-refractivity contribution in [2.45, 2.75) is 135 Å². The van der Waals surface area contributed by atoms with Gasteiger partial charge in [-0.15, -0.1) is 0 Å². The molecule has 0 heterocycles. The first-order chi connectivity index (χ1) is 16.8. The van der Waals surface area contributed by atoms with Crippen LogP contribution in [0.5, 0.6) is 0 Å². The maximum absolute atomic E-state index is 2.41. The minimum atomic E-state index is 0.787. The van der Waals surface area contributed by atoms with Gasteiger partial charge < -0.3 is 0 Å². The molecule has 0 bridgehead atoms. The zero-order valence-corrected chi connectivity index (χ0v) is 22.5. The van der Waals surface area contributed by atoms with Gasteiger partial charge in [0.25, 0.3) is 0 Å². The molecule has 0 radical (unpaired) electrons. The number of benzene rings is 2. The second-order valence-electron chi connectivity index (χ2n) is 11.1. The minimum absolute atomic E-state index is 0.787. The Morgan fingerprint density at radius 2 is 1.03 bits per heavy atom. The molecule has 1 fully saturated rings. The second-order valence-corrected chi connectivity index (χ2v) is 11.1. The molecule has 0 amide bonds. The van der Waals surface area contributed by atoms with Gasteiger partial charge in [-0.1, -0.05) is 139 Å². The molecule has 0 heteroatoms. The Morgan fingerprint density at radius 1 is 0.529 bits per heavy atom. The van der Waals surface area contributed by atoms with Gasteiger partial charge in [0, 0.05) is 0 Å². The first kappa shape index (κ1) is 27.0. The molecule has 0 nitrogen and oxygen atoms in total. The normalized spacial score (nSPS) is 18.3. The van der Waals surface area contributed by atoms with Crippen molar-refractivity contribution in [3.8, 4) is 11.1 Å². The minimum Gasteiger partial charge on any atom is -0.0654 e. The zero-order chi connectivity index (χ0) is 23.8. The Kier molecular flexibility index (Phi) is 12.9. The van der Waals surface area contributed by atoms with Crippen molar-refractivity contribution in [2.75, 3.05) is 0 Å². The molecule has 1 saturated carbocycles. The largest absolute Gasteiger partial charge is 0.0654 e. The lowest BCUT2D eigenvalue weighted by atomic mass is 9.77. The highest BCUT2D eigenvalue weighted by Gasteiger charge is 2.22. The number of rotatable bonds is 16. The van der Waals surface area contributed by atoms with Gasteiger partial charge in [0.05, 0.1) is 0 Å². The Balaban J connectivity index is 1.30. The standard InChI is InChI=1S/C34H52/c1-3-5-7-8-9-10-11-12-13-14-16-30-19-23-32(24-20-30)34-27-25-33(26-28-34)31-21-17-29(18-22-31)15-6-4-2/h17-18,21-22,25-28,30,32H,3-16,19-20,23-24H2,1-2H3. The van der Waals surface area contributed by atoms with Crippen LogP contribution in [0.1, 0.15) is 140 Å². The van der Waals surface area contributed by atoms with Crippen LogP contribution in [-0.4, -0.2) is 0 Å². The number of unbranched alkanes of at least 4 members (excludes halogenated alkanes) is 10. The van der Waals surface area contributed by atoms with Gasteiger partial charge in [0.15, 0.2) is 0 Å². The molecule has 34 heavy (non-hydrogen) atoms. The van der Waals surface area contributed by atoms with Crippen LogP contribution in [0.3, 0.4) is 0 Å². The van der Waals surface area contributed by atoms with E-state index in [9.17, 15) is 0 Å². The van der Waals surface area contributed by atoms with E-state index >= 15 is 0 Å². The third kappa shape index (κ3) is 9.59. The molecular weight excluding hydrogens is 408 g/mol. The van der Waals surface area contributed by atoms with Crippen molar-refractivity contribution in [3.05, 3.63) is 59.7 Å². The fraction of sp³-hybridized carbons (Fsp3) is 0.647. The summed E-state index contributed by atoms with van der Waals surface area (Å²) in [7, 11) is 0. The van der Waals surface area contributed by atoms with Crippen LogP contribution in [-0.2, 0) is 6.42 Å². The number of hydrogen-bond acceptors (Lipinski definition) is 0. The van der Waals surface area contributed by atoms with Crippen molar-refractivity contribution in [3.63, 3.8) is 0 Å². The molecule has 1 aliphatic carbocycles. The van der Waals surface area contributed by atoms with Gasteiger partial charge in [-0.3, -0.25) is 0 Å². The predicted molar refractivity (Wildman–Crippen MR) is 152 cm³/mol. The van der Waals surface area contributed by atoms with Crippen molar-refractivity contribution in [1.82, 2.24) is 0 Å². The lowest BCUT2D eigenvalue weighted by Gasteiger charge is -2.29. The van der Waals surface area contributed by atoms with Crippen LogP contribution in [0.2, 0.25) is 0 Å². The van der Waals surface area contributed by atoms with Crippen molar-refractivity contribution in [2.24, 2.45) is 5.92 Å². The summed E-state index contributed by atoms with van der Waals surface area (Å²) in [5.41, 5.74) is 5.75. The fourth-order valence-electron chi connectivity index (χ4n) is 5.90. The van der Waals surface area contributed by atoms with Crippen LogP contribution in [0.15, 0.2) is 48.5 Å². The Labute approximate surface area is 212 Å². The molecular formula is C34H52. The van der Waals surface area contributed by atoms with E-state index in [-0.39, 0.29) is 0 Å². The Morgan fingerprint density at radius 3 is 1.59 bits per heavy atom. The lowest BCUT2D eigenvalue weighted by molar-refractivity contribution is 0.302. The maximum Gasteiger partial charge on any atom is -0.0162 e. The highest BCUT2D eigenvalue weighted by molar-refractivity contribution is 5.64. The molecule has 2 aromatic carbocycles. The van der Waals surface area contributed by atoms with Gasteiger partial charge in [-0.2, -0.15) is 0 Å². The molecule has 0 N–H and O–H groups in total. The average molecular weight is 461 g/mol. The van der Waals surface area contributed by atoms with Crippen LogP contribution in [0.25, 0.3) is 11.1 Å². The lowest BCUT2D eigenvalue weighted by Crippen LogP contribution is -2.13. The summed E-state index contributed by atoms with van der Waals surface area (Å²) in [6.07, 6.45) is 25.5. The molecule has 3 rings (SSSR count). The van der Waals surface area contributed by atoms with E-state index in [4.69, 9.17) is 0 Å². The Hall–Kier alpha value is -1.56. The summed E-state index contributed by atoms with van der Waals surface area (Å²) in [6, 6.07) is 18.8. The van der Waals surface area contributed by atoms with E-state index in [0.29, 0.717) is 0 Å². The van der Waals surface area contributed by atoms with Gasteiger partial charge in [-0.25, -0.2) is 0 Å². The molecule has 2 aromatic rings. The third-order valence-corrected chi connectivity index (χ3v) is 8.30. The van der Waals surface area contributed by atoms with Crippen molar-refractivity contribution < 1.29 is 0 Å². The average Bonchev–Trinajstić information content (AvgIpc) is 2.89. The highest BCUT2D eigenvalue weighted by Crippen LogP contribution is 2.38. The number of hydrogen-bond donors (Lipinski definition) is 0. The summed E-state index contributed by atoms with van der Waals surface area (Å²) >= 11 is 0. The molecule has 0 unspecified atom stereocenters. The topological polar surface area (TPSA) is 0 Å². The van der Waals surface area contributed by atoms with E-state index in [2.05, 4.69) is 62.4 Å². The smallest absolute Gasteiger partial charge is 0.0162 e. The monoisotopic (exact) mass is 460 g/mol. The summed E-state index contributed by atoms with van der Waals surface area (Å²) in [5, 5.41) is 0. The highest BCUT2D eigenvalue weighted by atomic mass is 14.3. The van der Waals surface area contributed by atoms with Crippen LogP contribution < -0.4 is 0 Å². The summed E-state index contributed by atoms with van der Waals surface area (Å²) < 4.78 is 0. The quantitative estimate of drug-likeness (QED) is 0.218. The zero-order valence-electron chi connectivity index (χ0n) is 22.5. The summed E-state index contributed by atoms with van der Waals surface area (Å²) in [5.74, 6) is 1.78. The van der Waals surface area contributed by atoms with E-state index < -0.39 is 0 Å². The molecule has 0 aliphatic heterocycles. The molecule has 0 atom stereocenters. The molecule has 188 valence electrons. The fourth-order valence-corrected chi connectivity index (χ4v) is 5.90. The van der Waals surface area contributed by atoms with Crippen molar-refractivity contribution in [1.29, 1.82) is 0 Å². The first-order valence-corrected chi connectivity index (χ1v) is 15.0. The van der Waals surface area contributed by atoms with Gasteiger partial charge in [-0.05, 0) is 72.6 Å². The van der Waals surface area contributed by atoms with Crippen LogP contribution in [0.4, 0.5) is 0 Å². The van der Waals surface area contributed by atoms with Crippen LogP contribution >= 0.6 is 0 Å². The van der Waals surface area contributed by atoms with E-state index in [1.807, 2.05) is 0 Å². The first-order valence-electron chi connectivity index (χ1n) is 15.0. The van der Waals surface area contributed by atoms with Gasteiger partial charge in [0.1, 0.15) is 0 Å². The van der Waals surface area contributed by atoms with E-state index in [0.717, 1.165) is 11.8 Å². The summed E-state index contributed by atoms with van der Waals surface area (Å²) in [6.45, 7) is 4.57. The SMILES string of the molecule is CCCCCCCCCCCCC1CCC(c2ccc(-c3ccc(CCCC)cc3)cc2)CC1. The van der Waals surface area contributed by atoms with Crippen molar-refractivity contribution >= 4 is 0 Å². The molecule has 0 saturated heterocycles. The maximum atomic E-state index is 2.41. The number of aryl methyl sites for hydroxylation is 1. The Bertz CT molecular complexity index is 746. The van der Waals surface area contributed by atoms with Gasteiger partial charge in [0.2, 0.25) is 0 Å². The second kappa shape index (κ2) is 16.2. The molecule has 1 aliphatic rings. The molecule has 0 spiro atoms. The third-order valence-electron chi connectivity index (χ3n) is 8.30. The summed E-state index contributed by atoms with van der Waals surface area (Å²) in [4.78, 5) is 0. The predicted octanol–water partition coefficient (Wildman–Crippen LogP) is 11.3.